The van der Waals surface area contributed by atoms with Crippen molar-refractivity contribution in [2.75, 3.05) is 19.6 Å². The zero-order valence-electron chi connectivity index (χ0n) is 16.8. The molecule has 2 N–H and O–H groups in total. The maximum Gasteiger partial charge on any atom is 0.133 e. The smallest absolute Gasteiger partial charge is 0.133 e. The van der Waals surface area contributed by atoms with E-state index in [9.17, 15) is 14.6 Å². The van der Waals surface area contributed by atoms with Crippen molar-refractivity contribution in [3.63, 3.8) is 0 Å². The van der Waals surface area contributed by atoms with E-state index in [0.29, 0.717) is 13.0 Å². The second kappa shape index (κ2) is 7.65. The van der Waals surface area contributed by atoms with E-state index in [4.69, 9.17) is 4.74 Å². The second-order valence-corrected chi connectivity index (χ2v) is 8.58. The van der Waals surface area contributed by atoms with Crippen LogP contribution in [0.1, 0.15) is 42.6 Å². The number of hydrogen-bond acceptors (Lipinski definition) is 4. The van der Waals surface area contributed by atoms with Gasteiger partial charge in [0.2, 0.25) is 0 Å². The van der Waals surface area contributed by atoms with E-state index in [0.717, 1.165) is 53.6 Å². The van der Waals surface area contributed by atoms with Gasteiger partial charge in [0.25, 0.3) is 0 Å². The Kier molecular flexibility index (Phi) is 4.97. The van der Waals surface area contributed by atoms with Gasteiger partial charge in [-0.2, -0.15) is 0 Å². The van der Waals surface area contributed by atoms with Crippen LogP contribution in [0.15, 0.2) is 60.7 Å². The molecule has 0 radical (unpaired) electrons. The predicted octanol–water partition coefficient (Wildman–Crippen LogP) is 4.36. The molecule has 3 aromatic rings. The van der Waals surface area contributed by atoms with Gasteiger partial charge >= 0.3 is 0 Å². The van der Waals surface area contributed by atoms with Crippen molar-refractivity contribution >= 4 is 10.8 Å². The lowest BCUT2D eigenvalue weighted by Crippen LogP contribution is -2.51. The molecule has 1 saturated heterocycles. The summed E-state index contributed by atoms with van der Waals surface area (Å²) < 4.78 is 19.7. The number of hydrogen-bond donors (Lipinski definition) is 2. The minimum atomic E-state index is -0.651. The normalized spacial score (nSPS) is 21.9. The topological polar surface area (TPSA) is 52.9 Å². The van der Waals surface area contributed by atoms with Crippen LogP contribution in [0.3, 0.4) is 0 Å². The summed E-state index contributed by atoms with van der Waals surface area (Å²) in [6, 6.07) is 18.2. The van der Waals surface area contributed by atoms with Gasteiger partial charge in [-0.15, -0.1) is 0 Å². The molecule has 2 aliphatic heterocycles. The van der Waals surface area contributed by atoms with Gasteiger partial charge in [0.05, 0.1) is 12.2 Å². The van der Waals surface area contributed by atoms with Crippen molar-refractivity contribution in [1.29, 1.82) is 0 Å². The Morgan fingerprint density at radius 2 is 1.77 bits per heavy atom. The summed E-state index contributed by atoms with van der Waals surface area (Å²) in [6.07, 6.45) is 0.996. The first-order valence-corrected chi connectivity index (χ1v) is 10.6. The molecule has 0 saturated carbocycles. The van der Waals surface area contributed by atoms with Crippen molar-refractivity contribution in [1.82, 2.24) is 4.90 Å². The van der Waals surface area contributed by atoms with Crippen LogP contribution in [0.5, 0.6) is 5.75 Å². The van der Waals surface area contributed by atoms with Crippen LogP contribution in [-0.4, -0.2) is 40.3 Å². The molecule has 0 unspecified atom stereocenters. The average molecular weight is 407 g/mol. The van der Waals surface area contributed by atoms with Crippen molar-refractivity contribution in [3.05, 3.63) is 77.6 Å². The van der Waals surface area contributed by atoms with Crippen molar-refractivity contribution < 1.29 is 19.3 Å². The molecule has 2 heterocycles. The zero-order chi connectivity index (χ0) is 20.7. The molecule has 3 aromatic carbocycles. The fourth-order valence-corrected chi connectivity index (χ4v) is 4.84. The fraction of sp³-hybridized carbons (Fsp3) is 0.360. The maximum absolute atomic E-state index is 13.1. The maximum atomic E-state index is 13.1. The van der Waals surface area contributed by atoms with Crippen LogP contribution >= 0.6 is 0 Å². The van der Waals surface area contributed by atoms with Crippen LogP contribution in [0, 0.1) is 5.82 Å². The highest BCUT2D eigenvalue weighted by Crippen LogP contribution is 2.47. The first-order chi connectivity index (χ1) is 14.5. The number of piperidine rings is 1. The fourth-order valence-electron chi connectivity index (χ4n) is 4.84. The Balaban J connectivity index is 1.30. The molecule has 0 bridgehead atoms. The third-order valence-electron chi connectivity index (χ3n) is 6.61. The molecule has 2 aliphatic rings. The number of halogens is 1. The van der Waals surface area contributed by atoms with Crippen molar-refractivity contribution in [2.24, 2.45) is 0 Å². The molecule has 5 rings (SSSR count). The average Bonchev–Trinajstić information content (AvgIpc) is 2.76. The molecule has 1 spiro atoms. The van der Waals surface area contributed by atoms with Crippen LogP contribution in [0.25, 0.3) is 10.8 Å². The lowest BCUT2D eigenvalue weighted by atomic mass is 9.81. The van der Waals surface area contributed by atoms with Crippen LogP contribution in [0.4, 0.5) is 4.39 Å². The van der Waals surface area contributed by atoms with Gasteiger partial charge < -0.3 is 19.8 Å². The molecular formula is C25H26FNO3. The largest absolute Gasteiger partial charge is 0.486 e. The Morgan fingerprint density at radius 3 is 2.53 bits per heavy atom. The first-order valence-electron chi connectivity index (χ1n) is 10.6. The monoisotopic (exact) mass is 407 g/mol. The van der Waals surface area contributed by atoms with E-state index in [2.05, 4.69) is 11.0 Å². The number of β-amino-alcohol motifs (C(OH)–C–C–N with tert-alkyl or cyclic N) is 1. The third kappa shape index (κ3) is 3.58. The molecule has 2 atom stereocenters. The summed E-state index contributed by atoms with van der Waals surface area (Å²) in [7, 11) is 0. The van der Waals surface area contributed by atoms with E-state index in [1.807, 2.05) is 30.3 Å². The summed E-state index contributed by atoms with van der Waals surface area (Å²) >= 11 is 0. The molecule has 1 fully saturated rings. The van der Waals surface area contributed by atoms with Gasteiger partial charge in [-0.3, -0.25) is 0 Å². The van der Waals surface area contributed by atoms with E-state index in [-0.39, 0.29) is 11.4 Å². The van der Waals surface area contributed by atoms with Crippen molar-refractivity contribution in [2.45, 2.75) is 37.1 Å². The van der Waals surface area contributed by atoms with Crippen LogP contribution < -0.4 is 4.74 Å². The van der Waals surface area contributed by atoms with Gasteiger partial charge in [-0.05, 0) is 35.9 Å². The summed E-state index contributed by atoms with van der Waals surface area (Å²) in [5.41, 5.74) is 1.21. The van der Waals surface area contributed by atoms with E-state index in [1.165, 1.54) is 12.1 Å². The van der Waals surface area contributed by atoms with E-state index in [1.54, 1.807) is 12.1 Å². The molecule has 5 heteroatoms. The molecule has 156 valence electrons. The zero-order valence-corrected chi connectivity index (χ0v) is 16.8. The molecule has 4 nitrogen and oxygen atoms in total. The SMILES string of the molecule is O[C@H](CN1CCC2(CC1)C[C@@H](O)c1ccc3ccccc3c1O2)c1ccc(F)cc1. The summed E-state index contributed by atoms with van der Waals surface area (Å²) in [4.78, 5) is 2.22. The van der Waals surface area contributed by atoms with Crippen LogP contribution in [-0.2, 0) is 0 Å². The highest BCUT2D eigenvalue weighted by Gasteiger charge is 2.43. The summed E-state index contributed by atoms with van der Waals surface area (Å²) in [5, 5.41) is 23.5. The lowest BCUT2D eigenvalue weighted by Gasteiger charge is -2.46. The number of nitrogens with zero attached hydrogens (tertiary/aromatic N) is 1. The Hall–Kier alpha value is -2.47. The van der Waals surface area contributed by atoms with Crippen molar-refractivity contribution in [3.8, 4) is 5.75 Å². The molecule has 0 amide bonds. The van der Waals surface area contributed by atoms with Gasteiger partial charge in [0, 0.05) is 37.0 Å². The summed E-state index contributed by atoms with van der Waals surface area (Å²) in [5.74, 6) is 0.512. The standard InChI is InChI=1S/C25H26FNO3/c26-19-8-5-18(6-9-19)23(29)16-27-13-11-25(12-14-27)15-22(28)21-10-7-17-3-1-2-4-20(17)24(21)30-25/h1-10,22-23,28-29H,11-16H2/t22-,23-/m1/s1. The molecule has 0 aliphatic carbocycles. The number of aliphatic hydroxyl groups is 2. The predicted molar refractivity (Wildman–Crippen MR) is 114 cm³/mol. The number of ether oxygens (including phenoxy) is 1. The van der Waals surface area contributed by atoms with Gasteiger partial charge in [0.1, 0.15) is 17.2 Å². The number of fused-ring (bicyclic) bond motifs is 3. The minimum absolute atomic E-state index is 0.299. The van der Waals surface area contributed by atoms with Gasteiger partial charge in [-0.1, -0.05) is 48.5 Å². The highest BCUT2D eigenvalue weighted by atomic mass is 19.1. The van der Waals surface area contributed by atoms with Crippen LogP contribution in [0.2, 0.25) is 0 Å². The number of likely N-dealkylation sites (tertiary alicyclic amines) is 1. The third-order valence-corrected chi connectivity index (χ3v) is 6.61. The molecule has 0 aromatic heterocycles. The summed E-state index contributed by atoms with van der Waals surface area (Å²) in [6.45, 7) is 2.07. The lowest BCUT2D eigenvalue weighted by molar-refractivity contribution is -0.0577. The minimum Gasteiger partial charge on any atom is -0.486 e. The number of aliphatic hydroxyl groups excluding tert-OH is 2. The van der Waals surface area contributed by atoms with Gasteiger partial charge in [-0.25, -0.2) is 4.39 Å². The quantitative estimate of drug-likeness (QED) is 0.677. The number of rotatable bonds is 3. The Labute approximate surface area is 175 Å². The molecule has 30 heavy (non-hydrogen) atoms. The second-order valence-electron chi connectivity index (χ2n) is 8.58. The number of benzene rings is 3. The molecular weight excluding hydrogens is 381 g/mol. The van der Waals surface area contributed by atoms with E-state index >= 15 is 0 Å². The van der Waals surface area contributed by atoms with E-state index < -0.39 is 12.2 Å². The van der Waals surface area contributed by atoms with Gasteiger partial charge in [0.15, 0.2) is 0 Å². The Bertz CT molecular complexity index is 1040. The highest BCUT2D eigenvalue weighted by molar-refractivity contribution is 5.90. The Morgan fingerprint density at radius 1 is 1.03 bits per heavy atom. The first kappa shape index (κ1) is 19.5.